The van der Waals surface area contributed by atoms with Gasteiger partial charge in [-0.3, -0.25) is 4.79 Å². The number of nitrogens with one attached hydrogen (secondary N) is 1. The van der Waals surface area contributed by atoms with Gasteiger partial charge >= 0.3 is 0 Å². The molecular weight excluding hydrogens is 228 g/mol. The van der Waals surface area contributed by atoms with Gasteiger partial charge < -0.3 is 10.3 Å². The minimum absolute atomic E-state index is 0.0401. The number of pyridine rings is 1. The van der Waals surface area contributed by atoms with Crippen LogP contribution in [-0.2, 0) is 0 Å². The molecule has 0 atom stereocenters. The maximum absolute atomic E-state index is 12.3. The van der Waals surface area contributed by atoms with E-state index >= 15 is 0 Å². The van der Waals surface area contributed by atoms with Crippen LogP contribution in [0.1, 0.15) is 48.7 Å². The van der Waals surface area contributed by atoms with Gasteiger partial charge in [-0.15, -0.1) is 0 Å². The first-order valence-electron chi connectivity index (χ1n) is 6.28. The molecule has 1 aromatic heterocycles. The van der Waals surface area contributed by atoms with E-state index < -0.39 is 0 Å². The van der Waals surface area contributed by atoms with Crippen molar-refractivity contribution in [2.75, 3.05) is 12.5 Å². The van der Waals surface area contributed by atoms with Crippen LogP contribution in [0.5, 0.6) is 0 Å². The van der Waals surface area contributed by atoms with Crippen molar-refractivity contribution < 1.29 is 4.79 Å². The van der Waals surface area contributed by atoms with Crippen LogP contribution in [0.2, 0.25) is 0 Å². The topological polar surface area (TPSA) is 71.2 Å². The van der Waals surface area contributed by atoms with Gasteiger partial charge in [0, 0.05) is 24.3 Å². The molecule has 18 heavy (non-hydrogen) atoms. The van der Waals surface area contributed by atoms with Crippen LogP contribution in [0.25, 0.3) is 0 Å². The van der Waals surface area contributed by atoms with Crippen LogP contribution in [0.3, 0.4) is 0 Å². The summed E-state index contributed by atoms with van der Waals surface area (Å²) in [6.07, 6.45) is 2.21. The molecule has 2 rings (SSSR count). The summed E-state index contributed by atoms with van der Waals surface area (Å²) in [5.41, 5.74) is 4.04. The summed E-state index contributed by atoms with van der Waals surface area (Å²) in [5.74, 6) is 6.23. The number of amides is 1. The Labute approximate surface area is 107 Å². The van der Waals surface area contributed by atoms with E-state index in [1.165, 1.54) is 0 Å². The first-order chi connectivity index (χ1) is 8.52. The maximum Gasteiger partial charge on any atom is 0.254 e. The van der Waals surface area contributed by atoms with Crippen LogP contribution in [0.4, 0.5) is 5.82 Å². The van der Waals surface area contributed by atoms with Gasteiger partial charge in [-0.2, -0.15) is 0 Å². The van der Waals surface area contributed by atoms with E-state index in [1.54, 1.807) is 11.0 Å². The Morgan fingerprint density at radius 3 is 2.67 bits per heavy atom. The van der Waals surface area contributed by atoms with Gasteiger partial charge in [-0.25, -0.2) is 10.8 Å². The van der Waals surface area contributed by atoms with E-state index in [1.807, 2.05) is 27.0 Å². The summed E-state index contributed by atoms with van der Waals surface area (Å²) in [4.78, 5) is 18.5. The van der Waals surface area contributed by atoms with Crippen molar-refractivity contribution in [3.8, 4) is 0 Å². The zero-order valence-corrected chi connectivity index (χ0v) is 11.1. The molecule has 0 radical (unpaired) electrons. The number of hydrogen-bond donors (Lipinski definition) is 2. The lowest BCUT2D eigenvalue weighted by Crippen LogP contribution is -2.29. The Kier molecular flexibility index (Phi) is 3.52. The van der Waals surface area contributed by atoms with Crippen molar-refractivity contribution in [1.82, 2.24) is 9.88 Å². The summed E-state index contributed by atoms with van der Waals surface area (Å²) in [6.45, 7) is 4.09. The predicted octanol–water partition coefficient (Wildman–Crippen LogP) is 1.73. The van der Waals surface area contributed by atoms with Gasteiger partial charge in [-0.1, -0.05) is 13.8 Å². The molecule has 0 bridgehead atoms. The number of carbonyl (C=O) groups excluding carboxylic acids is 1. The third-order valence-electron chi connectivity index (χ3n) is 3.25. The van der Waals surface area contributed by atoms with Gasteiger partial charge in [0.05, 0.1) is 0 Å². The molecule has 0 aliphatic heterocycles. The van der Waals surface area contributed by atoms with Gasteiger partial charge in [-0.05, 0) is 30.9 Å². The monoisotopic (exact) mass is 248 g/mol. The number of aromatic nitrogens is 1. The van der Waals surface area contributed by atoms with E-state index in [0.717, 1.165) is 18.5 Å². The SMILES string of the molecule is CC(C)c1cc(C(=O)N(C)C2CC2)cc(NN)n1. The summed E-state index contributed by atoms with van der Waals surface area (Å²) >= 11 is 0. The van der Waals surface area contributed by atoms with Gasteiger partial charge in [0.1, 0.15) is 5.82 Å². The highest BCUT2D eigenvalue weighted by molar-refractivity contribution is 5.95. The number of hydrazine groups is 1. The highest BCUT2D eigenvalue weighted by Crippen LogP contribution is 2.27. The Bertz CT molecular complexity index is 454. The van der Waals surface area contributed by atoms with Crippen LogP contribution in [-0.4, -0.2) is 28.9 Å². The molecule has 1 amide bonds. The fraction of sp³-hybridized carbons (Fsp3) is 0.538. The van der Waals surface area contributed by atoms with E-state index in [4.69, 9.17) is 5.84 Å². The third kappa shape index (κ3) is 2.61. The average molecular weight is 248 g/mol. The van der Waals surface area contributed by atoms with Crippen molar-refractivity contribution in [2.24, 2.45) is 5.84 Å². The quantitative estimate of drug-likeness (QED) is 0.628. The van der Waals surface area contributed by atoms with Gasteiger partial charge in [0.25, 0.3) is 5.91 Å². The Balaban J connectivity index is 2.30. The molecule has 0 unspecified atom stereocenters. The van der Waals surface area contributed by atoms with E-state index in [0.29, 0.717) is 17.4 Å². The highest BCUT2D eigenvalue weighted by Gasteiger charge is 2.30. The molecule has 3 N–H and O–H groups in total. The molecule has 1 aliphatic carbocycles. The molecule has 0 saturated heterocycles. The molecule has 5 heteroatoms. The van der Waals surface area contributed by atoms with Crippen molar-refractivity contribution >= 4 is 11.7 Å². The normalized spacial score (nSPS) is 14.7. The second kappa shape index (κ2) is 4.94. The molecule has 0 aromatic carbocycles. The fourth-order valence-corrected chi connectivity index (χ4v) is 1.88. The molecule has 0 spiro atoms. The Hall–Kier alpha value is -1.62. The summed E-state index contributed by atoms with van der Waals surface area (Å²) in [7, 11) is 1.85. The summed E-state index contributed by atoms with van der Waals surface area (Å²) < 4.78 is 0. The van der Waals surface area contributed by atoms with Gasteiger partial charge in [0.15, 0.2) is 0 Å². The number of hydrogen-bond acceptors (Lipinski definition) is 4. The molecular formula is C13H20N4O. The summed E-state index contributed by atoms with van der Waals surface area (Å²) in [6, 6.07) is 3.96. The Morgan fingerprint density at radius 1 is 1.50 bits per heavy atom. The number of rotatable bonds is 4. The number of carbonyl (C=O) groups is 1. The summed E-state index contributed by atoms with van der Waals surface area (Å²) in [5, 5.41) is 0. The number of anilines is 1. The van der Waals surface area contributed by atoms with Gasteiger partial charge in [0.2, 0.25) is 0 Å². The van der Waals surface area contributed by atoms with E-state index in [-0.39, 0.29) is 11.8 Å². The third-order valence-corrected chi connectivity index (χ3v) is 3.25. The largest absolute Gasteiger partial charge is 0.339 e. The lowest BCUT2D eigenvalue weighted by molar-refractivity contribution is 0.0785. The minimum Gasteiger partial charge on any atom is -0.339 e. The molecule has 1 saturated carbocycles. The second-order valence-electron chi connectivity index (χ2n) is 5.11. The van der Waals surface area contributed by atoms with Crippen LogP contribution >= 0.6 is 0 Å². The zero-order valence-electron chi connectivity index (χ0n) is 11.1. The number of nitrogens with zero attached hydrogens (tertiary/aromatic N) is 2. The minimum atomic E-state index is 0.0401. The molecule has 1 aromatic rings. The van der Waals surface area contributed by atoms with Crippen molar-refractivity contribution in [3.05, 3.63) is 23.4 Å². The van der Waals surface area contributed by atoms with Crippen LogP contribution in [0.15, 0.2) is 12.1 Å². The lowest BCUT2D eigenvalue weighted by atomic mass is 10.1. The van der Waals surface area contributed by atoms with Crippen LogP contribution in [0, 0.1) is 0 Å². The Morgan fingerprint density at radius 2 is 2.17 bits per heavy atom. The van der Waals surface area contributed by atoms with Crippen molar-refractivity contribution in [1.29, 1.82) is 0 Å². The molecule has 98 valence electrons. The maximum atomic E-state index is 12.3. The smallest absolute Gasteiger partial charge is 0.254 e. The highest BCUT2D eigenvalue weighted by atomic mass is 16.2. The first kappa shape index (κ1) is 12.8. The number of nitrogens with two attached hydrogens (primary N) is 1. The zero-order chi connectivity index (χ0) is 13.3. The molecule has 5 nitrogen and oxygen atoms in total. The van der Waals surface area contributed by atoms with E-state index in [2.05, 4.69) is 10.4 Å². The lowest BCUT2D eigenvalue weighted by Gasteiger charge is -2.17. The average Bonchev–Trinajstić information content (AvgIpc) is 3.20. The standard InChI is InChI=1S/C13H20N4O/c1-8(2)11-6-9(7-12(15-11)16-14)13(18)17(3)10-4-5-10/h6-8,10H,4-5,14H2,1-3H3,(H,15,16). The van der Waals surface area contributed by atoms with Crippen LogP contribution < -0.4 is 11.3 Å². The fourth-order valence-electron chi connectivity index (χ4n) is 1.88. The van der Waals surface area contributed by atoms with Crippen molar-refractivity contribution in [2.45, 2.75) is 38.6 Å². The van der Waals surface area contributed by atoms with E-state index in [9.17, 15) is 4.79 Å². The number of nitrogen functional groups attached to an aromatic ring is 1. The second-order valence-corrected chi connectivity index (χ2v) is 5.11. The van der Waals surface area contributed by atoms with Crippen molar-refractivity contribution in [3.63, 3.8) is 0 Å². The first-order valence-corrected chi connectivity index (χ1v) is 6.28. The molecule has 1 aliphatic rings. The molecule has 1 heterocycles. The molecule has 1 fully saturated rings. The predicted molar refractivity (Wildman–Crippen MR) is 71.3 cm³/mol.